The van der Waals surface area contributed by atoms with Crippen LogP contribution in [0.15, 0.2) is 12.1 Å². The van der Waals surface area contributed by atoms with Gasteiger partial charge in [-0.2, -0.15) is 0 Å². The lowest BCUT2D eigenvalue weighted by atomic mass is 9.76. The minimum absolute atomic E-state index is 0.218. The van der Waals surface area contributed by atoms with Gasteiger partial charge in [-0.25, -0.2) is 0 Å². The standard InChI is InChI=1S/C14H17Cl3N2O/c1-8-3-2-4-14(18,7-8)13(20)19-12-6-10(16)9(15)5-11(12)17/h5-6,8H,2-4,7,18H2,1H3,(H,19,20). The molecule has 20 heavy (non-hydrogen) atoms. The molecule has 0 spiro atoms. The second-order valence-corrected chi connectivity index (χ2v) is 6.78. The zero-order valence-corrected chi connectivity index (χ0v) is 13.4. The molecule has 1 amide bonds. The first-order valence-corrected chi connectivity index (χ1v) is 7.70. The van der Waals surface area contributed by atoms with Gasteiger partial charge in [0.05, 0.1) is 26.3 Å². The van der Waals surface area contributed by atoms with Crippen LogP contribution >= 0.6 is 34.8 Å². The number of carbonyl (C=O) groups excluding carboxylic acids is 1. The number of benzene rings is 1. The molecule has 0 saturated heterocycles. The third-order valence-corrected chi connectivity index (χ3v) is 4.78. The van der Waals surface area contributed by atoms with Gasteiger partial charge in [0, 0.05) is 0 Å². The Morgan fingerprint density at radius 1 is 1.30 bits per heavy atom. The fraction of sp³-hybridized carbons (Fsp3) is 0.500. The molecule has 0 bridgehead atoms. The fourth-order valence-electron chi connectivity index (χ4n) is 2.66. The molecular formula is C14H17Cl3N2O. The molecule has 110 valence electrons. The maximum absolute atomic E-state index is 12.4. The van der Waals surface area contributed by atoms with E-state index in [-0.39, 0.29) is 5.91 Å². The van der Waals surface area contributed by atoms with E-state index in [1.54, 1.807) is 6.07 Å². The molecule has 1 saturated carbocycles. The summed E-state index contributed by atoms with van der Waals surface area (Å²) in [6, 6.07) is 3.05. The summed E-state index contributed by atoms with van der Waals surface area (Å²) < 4.78 is 0. The summed E-state index contributed by atoms with van der Waals surface area (Å²) >= 11 is 17.9. The first-order valence-electron chi connectivity index (χ1n) is 6.57. The Morgan fingerprint density at radius 3 is 2.60 bits per heavy atom. The van der Waals surface area contributed by atoms with E-state index in [0.29, 0.717) is 39.5 Å². The van der Waals surface area contributed by atoms with Gasteiger partial charge in [-0.3, -0.25) is 4.79 Å². The largest absolute Gasteiger partial charge is 0.323 e. The van der Waals surface area contributed by atoms with E-state index in [4.69, 9.17) is 40.5 Å². The molecule has 6 heteroatoms. The number of nitrogens with two attached hydrogens (primary N) is 1. The lowest BCUT2D eigenvalue weighted by molar-refractivity contribution is -0.122. The number of rotatable bonds is 2. The second kappa shape index (κ2) is 6.10. The van der Waals surface area contributed by atoms with Crippen molar-refractivity contribution in [1.82, 2.24) is 0 Å². The first kappa shape index (κ1) is 15.9. The molecule has 1 aliphatic rings. The second-order valence-electron chi connectivity index (χ2n) is 5.56. The Morgan fingerprint density at radius 2 is 1.95 bits per heavy atom. The number of anilines is 1. The van der Waals surface area contributed by atoms with E-state index < -0.39 is 5.54 Å². The van der Waals surface area contributed by atoms with E-state index in [2.05, 4.69) is 12.2 Å². The zero-order chi connectivity index (χ0) is 14.9. The minimum atomic E-state index is -0.840. The van der Waals surface area contributed by atoms with E-state index >= 15 is 0 Å². The van der Waals surface area contributed by atoms with Crippen LogP contribution in [0.5, 0.6) is 0 Å². The van der Waals surface area contributed by atoms with Crippen molar-refractivity contribution in [2.24, 2.45) is 11.7 Å². The predicted octanol–water partition coefficient (Wildman–Crippen LogP) is 4.49. The number of carbonyl (C=O) groups is 1. The van der Waals surface area contributed by atoms with Gasteiger partial charge >= 0.3 is 0 Å². The zero-order valence-electron chi connectivity index (χ0n) is 11.2. The third-order valence-electron chi connectivity index (χ3n) is 3.74. The van der Waals surface area contributed by atoms with Crippen LogP contribution in [0.25, 0.3) is 0 Å². The van der Waals surface area contributed by atoms with Crippen molar-refractivity contribution in [3.05, 3.63) is 27.2 Å². The summed E-state index contributed by atoms with van der Waals surface area (Å²) in [5, 5.41) is 3.81. The summed E-state index contributed by atoms with van der Waals surface area (Å²) in [7, 11) is 0. The van der Waals surface area contributed by atoms with Gasteiger partial charge in [0.25, 0.3) is 0 Å². The Bertz CT molecular complexity index is 535. The van der Waals surface area contributed by atoms with Crippen molar-refractivity contribution in [1.29, 1.82) is 0 Å². The van der Waals surface area contributed by atoms with E-state index in [1.807, 2.05) is 0 Å². The Kier molecular flexibility index (Phi) is 4.85. The summed E-state index contributed by atoms with van der Waals surface area (Å²) in [4.78, 5) is 12.4. The van der Waals surface area contributed by atoms with Gasteiger partial charge in [0.1, 0.15) is 0 Å². The molecule has 1 aromatic rings. The molecule has 1 fully saturated rings. The maximum Gasteiger partial charge on any atom is 0.244 e. The lowest BCUT2D eigenvalue weighted by Gasteiger charge is -2.35. The average Bonchev–Trinajstić information content (AvgIpc) is 2.35. The summed E-state index contributed by atoms with van der Waals surface area (Å²) in [5.41, 5.74) is 5.84. The van der Waals surface area contributed by atoms with Crippen LogP contribution in [0.3, 0.4) is 0 Å². The Hall–Kier alpha value is -0.480. The van der Waals surface area contributed by atoms with Crippen LogP contribution < -0.4 is 11.1 Å². The molecule has 0 radical (unpaired) electrons. The Balaban J connectivity index is 2.17. The maximum atomic E-state index is 12.4. The highest BCUT2D eigenvalue weighted by atomic mass is 35.5. The molecule has 1 aromatic carbocycles. The van der Waals surface area contributed by atoms with Gasteiger partial charge < -0.3 is 11.1 Å². The van der Waals surface area contributed by atoms with Crippen LogP contribution in [0.2, 0.25) is 15.1 Å². The number of halogens is 3. The lowest BCUT2D eigenvalue weighted by Crippen LogP contribution is -2.53. The smallest absolute Gasteiger partial charge is 0.244 e. The van der Waals surface area contributed by atoms with Gasteiger partial charge in [-0.05, 0) is 30.9 Å². The van der Waals surface area contributed by atoms with Crippen LogP contribution in [0, 0.1) is 5.92 Å². The van der Waals surface area contributed by atoms with Crippen molar-refractivity contribution >= 4 is 46.4 Å². The molecule has 2 rings (SSSR count). The average molecular weight is 336 g/mol. The molecule has 0 aliphatic heterocycles. The van der Waals surface area contributed by atoms with Crippen molar-refractivity contribution in [2.75, 3.05) is 5.32 Å². The number of hydrogen-bond acceptors (Lipinski definition) is 2. The SMILES string of the molecule is CC1CCCC(N)(C(=O)Nc2cc(Cl)c(Cl)cc2Cl)C1. The molecule has 0 heterocycles. The van der Waals surface area contributed by atoms with Crippen molar-refractivity contribution in [3.8, 4) is 0 Å². The van der Waals surface area contributed by atoms with E-state index in [9.17, 15) is 4.79 Å². The van der Waals surface area contributed by atoms with Crippen LogP contribution in [0.4, 0.5) is 5.69 Å². The van der Waals surface area contributed by atoms with Crippen molar-refractivity contribution < 1.29 is 4.79 Å². The Labute approximate surface area is 133 Å². The molecule has 1 aliphatic carbocycles. The monoisotopic (exact) mass is 334 g/mol. The number of amides is 1. The molecule has 3 N–H and O–H groups in total. The highest BCUT2D eigenvalue weighted by Gasteiger charge is 2.38. The van der Waals surface area contributed by atoms with Gasteiger partial charge in [-0.15, -0.1) is 0 Å². The predicted molar refractivity (Wildman–Crippen MR) is 84.7 cm³/mol. The number of hydrogen-bond donors (Lipinski definition) is 2. The quantitative estimate of drug-likeness (QED) is 0.782. The molecule has 2 unspecified atom stereocenters. The molecule has 0 aromatic heterocycles. The highest BCUT2D eigenvalue weighted by Crippen LogP contribution is 2.35. The van der Waals surface area contributed by atoms with Gasteiger partial charge in [0.2, 0.25) is 5.91 Å². The van der Waals surface area contributed by atoms with Gasteiger partial charge in [0.15, 0.2) is 0 Å². The van der Waals surface area contributed by atoms with Crippen molar-refractivity contribution in [2.45, 2.75) is 38.1 Å². The normalized spacial score (nSPS) is 26.4. The topological polar surface area (TPSA) is 55.1 Å². The highest BCUT2D eigenvalue weighted by molar-refractivity contribution is 6.44. The fourth-order valence-corrected chi connectivity index (χ4v) is 3.26. The summed E-state index contributed by atoms with van der Waals surface area (Å²) in [6.07, 6.45) is 3.43. The van der Waals surface area contributed by atoms with Crippen LogP contribution in [0.1, 0.15) is 32.6 Å². The molecule has 2 atom stereocenters. The van der Waals surface area contributed by atoms with E-state index in [0.717, 1.165) is 12.8 Å². The van der Waals surface area contributed by atoms with Crippen LogP contribution in [-0.4, -0.2) is 11.4 Å². The van der Waals surface area contributed by atoms with Crippen LogP contribution in [-0.2, 0) is 4.79 Å². The molecular weight excluding hydrogens is 319 g/mol. The van der Waals surface area contributed by atoms with E-state index in [1.165, 1.54) is 6.07 Å². The summed E-state index contributed by atoms with van der Waals surface area (Å²) in [5.74, 6) is 0.230. The number of nitrogens with one attached hydrogen (secondary N) is 1. The summed E-state index contributed by atoms with van der Waals surface area (Å²) in [6.45, 7) is 2.11. The van der Waals surface area contributed by atoms with Gasteiger partial charge in [-0.1, -0.05) is 54.6 Å². The molecule has 3 nitrogen and oxygen atoms in total. The first-order chi connectivity index (χ1) is 9.32. The third kappa shape index (κ3) is 3.40. The minimum Gasteiger partial charge on any atom is -0.323 e. The van der Waals surface area contributed by atoms with Crippen molar-refractivity contribution in [3.63, 3.8) is 0 Å².